The highest BCUT2D eigenvalue weighted by Gasteiger charge is 2.23. The summed E-state index contributed by atoms with van der Waals surface area (Å²) in [7, 11) is 1.57. The summed E-state index contributed by atoms with van der Waals surface area (Å²) >= 11 is 0. The van der Waals surface area contributed by atoms with Crippen LogP contribution in [0.3, 0.4) is 0 Å². The fraction of sp³-hybridized carbons (Fsp3) is 0.345. The largest absolute Gasteiger partial charge is 0.460 e. The molecule has 1 atom stereocenters. The number of benzene rings is 2. The predicted molar refractivity (Wildman–Crippen MR) is 142 cm³/mol. The highest BCUT2D eigenvalue weighted by atomic mass is 19.1. The van der Waals surface area contributed by atoms with Gasteiger partial charge >= 0.3 is 5.97 Å². The molecule has 39 heavy (non-hydrogen) atoms. The molecule has 8 nitrogen and oxygen atoms in total. The molecule has 0 saturated carbocycles. The summed E-state index contributed by atoms with van der Waals surface area (Å²) in [6, 6.07) is 9.15. The Morgan fingerprint density at radius 2 is 1.62 bits per heavy atom. The van der Waals surface area contributed by atoms with Crippen LogP contribution in [0.4, 0.5) is 8.78 Å². The second-order valence-electron chi connectivity index (χ2n) is 10.3. The van der Waals surface area contributed by atoms with Crippen molar-refractivity contribution >= 4 is 22.9 Å². The van der Waals surface area contributed by atoms with Gasteiger partial charge in [-0.2, -0.15) is 0 Å². The predicted octanol–water partition coefficient (Wildman–Crippen LogP) is 4.67. The number of aliphatic hydroxyl groups is 1. The van der Waals surface area contributed by atoms with Gasteiger partial charge in [-0.3, -0.25) is 9.59 Å². The molecule has 0 amide bonds. The quantitative estimate of drug-likeness (QED) is 0.240. The number of carbonyl (C=O) groups excluding carboxylic acids is 2. The van der Waals surface area contributed by atoms with E-state index >= 15 is 8.78 Å². The lowest BCUT2D eigenvalue weighted by molar-refractivity contribution is -0.156. The van der Waals surface area contributed by atoms with Gasteiger partial charge in [-0.15, -0.1) is 5.10 Å². The third-order valence-corrected chi connectivity index (χ3v) is 5.60. The number of rotatable bonds is 9. The SMILES string of the molecule is Cc1ccc(C(=C(C=CC(O)CC(=O)CC(=O)OC(C)(C)C)c2nnnn2C)c2ccc(C)cc2F)c(F)c1. The van der Waals surface area contributed by atoms with Crippen LogP contribution >= 0.6 is 0 Å². The van der Waals surface area contributed by atoms with Crippen LogP contribution in [-0.4, -0.2) is 48.8 Å². The highest BCUT2D eigenvalue weighted by molar-refractivity contribution is 6.01. The molecule has 1 heterocycles. The second-order valence-corrected chi connectivity index (χ2v) is 10.3. The molecule has 206 valence electrons. The number of esters is 1. The third kappa shape index (κ3) is 7.97. The zero-order chi connectivity index (χ0) is 28.9. The first kappa shape index (κ1) is 29.5. The fourth-order valence-corrected chi connectivity index (χ4v) is 3.93. The molecule has 0 aliphatic rings. The number of aryl methyl sites for hydroxylation is 3. The number of nitrogens with zero attached hydrogens (tertiary/aromatic N) is 4. The number of Topliss-reactive ketones (excluding diaryl/α,β-unsaturated/α-hetero) is 1. The van der Waals surface area contributed by atoms with Crippen LogP contribution in [0, 0.1) is 25.5 Å². The molecule has 0 aliphatic heterocycles. The molecule has 10 heteroatoms. The van der Waals surface area contributed by atoms with Gasteiger partial charge < -0.3 is 9.84 Å². The zero-order valence-electron chi connectivity index (χ0n) is 22.8. The molecule has 0 fully saturated rings. The number of tetrazole rings is 1. The highest BCUT2D eigenvalue weighted by Crippen LogP contribution is 2.35. The first-order valence-corrected chi connectivity index (χ1v) is 12.3. The van der Waals surface area contributed by atoms with Crippen LogP contribution < -0.4 is 0 Å². The van der Waals surface area contributed by atoms with E-state index in [2.05, 4.69) is 15.5 Å². The Bertz CT molecular complexity index is 1380. The van der Waals surface area contributed by atoms with Crippen molar-refractivity contribution in [3.8, 4) is 0 Å². The number of aromatic nitrogens is 4. The molecular weight excluding hydrogens is 506 g/mol. The number of ether oxygens (including phenoxy) is 1. The van der Waals surface area contributed by atoms with Gasteiger partial charge in [0.1, 0.15) is 29.4 Å². The number of hydrogen-bond acceptors (Lipinski definition) is 7. The third-order valence-electron chi connectivity index (χ3n) is 5.60. The van der Waals surface area contributed by atoms with Crippen molar-refractivity contribution in [2.75, 3.05) is 0 Å². The van der Waals surface area contributed by atoms with Crippen LogP contribution in [0.5, 0.6) is 0 Å². The number of hydrogen-bond donors (Lipinski definition) is 1. The number of halogens is 2. The van der Waals surface area contributed by atoms with Gasteiger partial charge in [-0.25, -0.2) is 13.5 Å². The molecule has 0 radical (unpaired) electrons. The van der Waals surface area contributed by atoms with E-state index in [9.17, 15) is 14.7 Å². The average Bonchev–Trinajstić information content (AvgIpc) is 3.22. The molecular formula is C29H32F2N4O4. The van der Waals surface area contributed by atoms with E-state index < -0.39 is 41.5 Å². The van der Waals surface area contributed by atoms with E-state index in [0.717, 1.165) is 0 Å². The Kier molecular flexibility index (Phi) is 9.24. The van der Waals surface area contributed by atoms with Crippen molar-refractivity contribution in [2.24, 2.45) is 7.05 Å². The Labute approximate surface area is 226 Å². The minimum Gasteiger partial charge on any atom is -0.460 e. The summed E-state index contributed by atoms with van der Waals surface area (Å²) in [5, 5.41) is 22.1. The fourth-order valence-electron chi connectivity index (χ4n) is 3.93. The maximum atomic E-state index is 15.3. The van der Waals surface area contributed by atoms with Crippen molar-refractivity contribution in [3.63, 3.8) is 0 Å². The van der Waals surface area contributed by atoms with Crippen molar-refractivity contribution in [3.05, 3.63) is 88.3 Å². The van der Waals surface area contributed by atoms with Gasteiger partial charge in [-0.1, -0.05) is 36.4 Å². The van der Waals surface area contributed by atoms with Crippen LogP contribution in [0.15, 0.2) is 48.6 Å². The molecule has 2 aromatic carbocycles. The van der Waals surface area contributed by atoms with E-state index in [4.69, 9.17) is 4.74 Å². The van der Waals surface area contributed by atoms with Crippen molar-refractivity contribution in [2.45, 2.75) is 59.2 Å². The minimum absolute atomic E-state index is 0.0986. The van der Waals surface area contributed by atoms with Crippen LogP contribution in [0.25, 0.3) is 11.1 Å². The molecule has 1 aromatic heterocycles. The summed E-state index contributed by atoms with van der Waals surface area (Å²) in [4.78, 5) is 24.3. The monoisotopic (exact) mass is 538 g/mol. The lowest BCUT2D eigenvalue weighted by atomic mass is 9.90. The standard InChI is InChI=1S/C29H32F2N4O4/c1-17-7-10-21(24(30)13-17)27(22-11-8-18(2)14-25(22)31)23(28-32-33-34-35(28)6)12-9-19(36)15-20(37)16-26(38)39-29(3,4)5/h7-14,19,36H,15-16H2,1-6H3. The van der Waals surface area contributed by atoms with Gasteiger partial charge in [0, 0.05) is 35.7 Å². The van der Waals surface area contributed by atoms with Crippen LogP contribution in [0.2, 0.25) is 0 Å². The normalized spacial score (nSPS) is 12.4. The molecule has 0 bridgehead atoms. The van der Waals surface area contributed by atoms with Gasteiger partial charge in [0.2, 0.25) is 0 Å². The number of aliphatic hydroxyl groups excluding tert-OH is 1. The lowest BCUT2D eigenvalue weighted by Crippen LogP contribution is -2.26. The smallest absolute Gasteiger partial charge is 0.313 e. The van der Waals surface area contributed by atoms with Gasteiger partial charge in [0.15, 0.2) is 5.82 Å². The van der Waals surface area contributed by atoms with Gasteiger partial charge in [0.05, 0.1) is 6.10 Å². The van der Waals surface area contributed by atoms with E-state index in [1.807, 2.05) is 0 Å². The zero-order valence-corrected chi connectivity index (χ0v) is 22.8. The second kappa shape index (κ2) is 12.2. The van der Waals surface area contributed by atoms with Gasteiger partial charge in [0.25, 0.3) is 0 Å². The Balaban J connectivity index is 2.09. The molecule has 3 aromatic rings. The summed E-state index contributed by atoms with van der Waals surface area (Å²) in [6.07, 6.45) is 0.558. The number of ketones is 1. The molecule has 0 saturated heterocycles. The first-order valence-electron chi connectivity index (χ1n) is 12.3. The summed E-state index contributed by atoms with van der Waals surface area (Å²) in [5.41, 5.74) is 1.18. The maximum absolute atomic E-state index is 15.3. The molecule has 3 rings (SSSR count). The van der Waals surface area contributed by atoms with Gasteiger partial charge in [-0.05, 0) is 68.3 Å². The topological polar surface area (TPSA) is 107 Å². The van der Waals surface area contributed by atoms with Crippen molar-refractivity contribution in [1.82, 2.24) is 20.2 Å². The molecule has 1 unspecified atom stereocenters. The molecule has 0 aliphatic carbocycles. The maximum Gasteiger partial charge on any atom is 0.313 e. The number of allylic oxidation sites excluding steroid dienone is 2. The molecule has 0 spiro atoms. The Hall–Kier alpha value is -4.05. The van der Waals surface area contributed by atoms with E-state index in [-0.39, 0.29) is 34.5 Å². The summed E-state index contributed by atoms with van der Waals surface area (Å²) in [5.74, 6) is -2.21. The van der Waals surface area contributed by atoms with E-state index in [0.29, 0.717) is 11.1 Å². The summed E-state index contributed by atoms with van der Waals surface area (Å²) < 4.78 is 37.2. The lowest BCUT2D eigenvalue weighted by Gasteiger charge is -2.19. The van der Waals surface area contributed by atoms with Crippen molar-refractivity contribution < 1.29 is 28.2 Å². The average molecular weight is 539 g/mol. The van der Waals surface area contributed by atoms with Crippen molar-refractivity contribution in [1.29, 1.82) is 0 Å². The van der Waals surface area contributed by atoms with Crippen LogP contribution in [0.1, 0.15) is 61.7 Å². The van der Waals surface area contributed by atoms with Crippen LogP contribution in [-0.2, 0) is 21.4 Å². The van der Waals surface area contributed by atoms with E-state index in [1.165, 1.54) is 41.1 Å². The summed E-state index contributed by atoms with van der Waals surface area (Å²) in [6.45, 7) is 8.54. The first-order chi connectivity index (χ1) is 18.2. The minimum atomic E-state index is -1.30. The Morgan fingerprint density at radius 1 is 1.05 bits per heavy atom. The molecule has 1 N–H and O–H groups in total. The number of carbonyl (C=O) groups is 2. The Morgan fingerprint density at radius 3 is 2.08 bits per heavy atom. The van der Waals surface area contributed by atoms with E-state index in [1.54, 1.807) is 53.8 Å².